The molecule has 162 valence electrons. The molecular weight excluding hydrogens is 424 g/mol. The topological polar surface area (TPSA) is 97.6 Å². The predicted molar refractivity (Wildman–Crippen MR) is 114 cm³/mol. The molecule has 0 bridgehead atoms. The molecule has 0 amide bonds. The number of carbonyl (C=O) groups is 1. The highest BCUT2D eigenvalue weighted by molar-refractivity contribution is 6.30. The Labute approximate surface area is 184 Å². The van der Waals surface area contributed by atoms with Gasteiger partial charge < -0.3 is 18.9 Å². The summed E-state index contributed by atoms with van der Waals surface area (Å²) in [5.74, 6) is 0.134. The molecule has 2 heterocycles. The lowest BCUT2D eigenvalue weighted by molar-refractivity contribution is -0.133. The van der Waals surface area contributed by atoms with Crippen LogP contribution in [0.5, 0.6) is 17.6 Å². The maximum atomic E-state index is 12.3. The second-order valence-corrected chi connectivity index (χ2v) is 6.79. The van der Waals surface area contributed by atoms with Gasteiger partial charge in [0.15, 0.2) is 0 Å². The van der Waals surface area contributed by atoms with E-state index in [2.05, 4.69) is 15.1 Å². The first-order valence-electron chi connectivity index (χ1n) is 9.12. The Morgan fingerprint density at radius 2 is 1.84 bits per heavy atom. The second-order valence-electron chi connectivity index (χ2n) is 6.35. The maximum Gasteiger partial charge on any atom is 0.342 e. The molecule has 1 aromatic carbocycles. The number of halogens is 1. The summed E-state index contributed by atoms with van der Waals surface area (Å²) in [6.07, 6.45) is 2.94. The van der Waals surface area contributed by atoms with Crippen molar-refractivity contribution in [2.24, 2.45) is 0 Å². The van der Waals surface area contributed by atoms with Crippen LogP contribution in [0.15, 0.2) is 36.7 Å². The zero-order valence-corrected chi connectivity index (χ0v) is 18.4. The molecule has 31 heavy (non-hydrogen) atoms. The van der Waals surface area contributed by atoms with Crippen molar-refractivity contribution in [3.63, 3.8) is 0 Å². The molecule has 0 N–H and O–H groups in total. The number of aryl methyl sites for hydroxylation is 2. The van der Waals surface area contributed by atoms with Gasteiger partial charge in [-0.2, -0.15) is 9.97 Å². The molecule has 0 atom stereocenters. The Morgan fingerprint density at radius 1 is 1.10 bits per heavy atom. The maximum absolute atomic E-state index is 12.3. The lowest BCUT2D eigenvalue weighted by Crippen LogP contribution is -2.10. The quantitative estimate of drug-likeness (QED) is 0.307. The number of ether oxygens (including phenoxy) is 4. The molecule has 3 rings (SSSR count). The van der Waals surface area contributed by atoms with Crippen LogP contribution in [0.4, 0.5) is 0 Å². The molecule has 2 aromatic heterocycles. The van der Waals surface area contributed by atoms with Crippen LogP contribution >= 0.6 is 11.6 Å². The molecule has 0 fully saturated rings. The lowest BCUT2D eigenvalue weighted by Gasteiger charge is -2.14. The van der Waals surface area contributed by atoms with Gasteiger partial charge in [-0.15, -0.1) is 5.10 Å². The van der Waals surface area contributed by atoms with Gasteiger partial charge in [0.05, 0.1) is 33.3 Å². The fourth-order valence-corrected chi connectivity index (χ4v) is 3.00. The smallest absolute Gasteiger partial charge is 0.342 e. The normalized spacial score (nSPS) is 11.2. The number of methoxy groups -OCH3 is 3. The molecular formula is C21H21ClN4O5. The van der Waals surface area contributed by atoms with E-state index < -0.39 is 5.97 Å². The molecule has 10 heteroatoms. The van der Waals surface area contributed by atoms with E-state index in [-0.39, 0.29) is 28.8 Å². The van der Waals surface area contributed by atoms with Gasteiger partial charge in [-0.05, 0) is 31.5 Å². The zero-order chi connectivity index (χ0) is 22.5. The highest BCUT2D eigenvalue weighted by Crippen LogP contribution is 2.35. The van der Waals surface area contributed by atoms with Crippen molar-refractivity contribution in [2.75, 3.05) is 21.3 Å². The van der Waals surface area contributed by atoms with E-state index in [4.69, 9.17) is 30.5 Å². The van der Waals surface area contributed by atoms with Crippen molar-refractivity contribution in [1.82, 2.24) is 19.7 Å². The van der Waals surface area contributed by atoms with E-state index in [1.165, 1.54) is 27.6 Å². The number of hydrogen-bond acceptors (Lipinski definition) is 8. The summed E-state index contributed by atoms with van der Waals surface area (Å²) in [6.45, 7) is 3.62. The molecule has 0 saturated heterocycles. The van der Waals surface area contributed by atoms with E-state index in [1.54, 1.807) is 36.0 Å². The summed E-state index contributed by atoms with van der Waals surface area (Å²) in [5, 5.41) is 5.03. The summed E-state index contributed by atoms with van der Waals surface area (Å²) in [5.41, 5.74) is 1.99. The van der Waals surface area contributed by atoms with Gasteiger partial charge in [0.2, 0.25) is 17.6 Å². The van der Waals surface area contributed by atoms with Gasteiger partial charge in [-0.3, -0.25) is 0 Å². The first-order chi connectivity index (χ1) is 14.9. The van der Waals surface area contributed by atoms with Crippen LogP contribution in [0, 0.1) is 13.8 Å². The van der Waals surface area contributed by atoms with Crippen LogP contribution in [0.2, 0.25) is 5.02 Å². The summed E-state index contributed by atoms with van der Waals surface area (Å²) in [4.78, 5) is 20.9. The zero-order valence-electron chi connectivity index (χ0n) is 17.7. The fourth-order valence-electron chi connectivity index (χ4n) is 2.84. The second kappa shape index (κ2) is 9.48. The highest BCUT2D eigenvalue weighted by Gasteiger charge is 2.26. The van der Waals surface area contributed by atoms with E-state index in [0.717, 1.165) is 11.3 Å². The van der Waals surface area contributed by atoms with Crippen LogP contribution in [-0.2, 0) is 14.3 Å². The van der Waals surface area contributed by atoms with Crippen molar-refractivity contribution in [3.05, 3.63) is 58.7 Å². The standard InChI is InChI=1S/C21H21ClN4O5/c1-12-6-7-14(22)10-16(12)26-9-8-17(25-26)31-20-18(15(11-28-3)21(27)30-5)19(29-4)23-13(2)24-20/h6-11H,1-5H3. The van der Waals surface area contributed by atoms with Gasteiger partial charge >= 0.3 is 5.97 Å². The van der Waals surface area contributed by atoms with Gasteiger partial charge in [-0.1, -0.05) is 17.7 Å². The summed E-state index contributed by atoms with van der Waals surface area (Å²) in [7, 11) is 4.08. The summed E-state index contributed by atoms with van der Waals surface area (Å²) >= 11 is 6.12. The van der Waals surface area contributed by atoms with E-state index in [0.29, 0.717) is 10.8 Å². The first-order valence-corrected chi connectivity index (χ1v) is 9.50. The minimum Gasteiger partial charge on any atom is -0.503 e. The number of hydrogen-bond donors (Lipinski definition) is 0. The number of carbonyl (C=O) groups excluding carboxylic acids is 1. The van der Waals surface area contributed by atoms with Gasteiger partial charge in [0.1, 0.15) is 17.0 Å². The Balaban J connectivity index is 2.07. The van der Waals surface area contributed by atoms with Crippen LogP contribution in [0.25, 0.3) is 11.3 Å². The molecule has 3 aromatic rings. The monoisotopic (exact) mass is 444 g/mol. The van der Waals surface area contributed by atoms with Gasteiger partial charge in [0.25, 0.3) is 0 Å². The Bertz CT molecular complexity index is 1140. The number of esters is 1. The largest absolute Gasteiger partial charge is 0.503 e. The number of rotatable bonds is 7. The van der Waals surface area contributed by atoms with Crippen molar-refractivity contribution in [1.29, 1.82) is 0 Å². The number of aromatic nitrogens is 4. The summed E-state index contributed by atoms with van der Waals surface area (Å²) in [6, 6.07) is 7.16. The minimum absolute atomic E-state index is 0.0296. The molecule has 0 unspecified atom stereocenters. The van der Waals surface area contributed by atoms with Crippen LogP contribution in [0.3, 0.4) is 0 Å². The van der Waals surface area contributed by atoms with Crippen molar-refractivity contribution in [2.45, 2.75) is 13.8 Å². The van der Waals surface area contributed by atoms with Crippen molar-refractivity contribution in [3.8, 4) is 23.3 Å². The highest BCUT2D eigenvalue weighted by atomic mass is 35.5. The minimum atomic E-state index is -0.669. The molecule has 9 nitrogen and oxygen atoms in total. The third-order valence-corrected chi connectivity index (χ3v) is 4.48. The average molecular weight is 445 g/mol. The molecule has 0 saturated carbocycles. The molecule has 0 aliphatic carbocycles. The van der Waals surface area contributed by atoms with Crippen LogP contribution in [0.1, 0.15) is 17.0 Å². The number of nitrogens with zero attached hydrogens (tertiary/aromatic N) is 4. The van der Waals surface area contributed by atoms with Crippen LogP contribution < -0.4 is 9.47 Å². The third kappa shape index (κ3) is 4.77. The Kier molecular flexibility index (Phi) is 6.76. The molecule has 0 aliphatic heterocycles. The molecule has 0 aliphatic rings. The fraction of sp³-hybridized carbons (Fsp3) is 0.238. The predicted octanol–water partition coefficient (Wildman–Crippen LogP) is 3.89. The molecule has 0 radical (unpaired) electrons. The van der Waals surface area contributed by atoms with E-state index in [9.17, 15) is 4.79 Å². The number of benzene rings is 1. The van der Waals surface area contributed by atoms with Crippen LogP contribution in [-0.4, -0.2) is 47.0 Å². The van der Waals surface area contributed by atoms with E-state index in [1.807, 2.05) is 13.0 Å². The lowest BCUT2D eigenvalue weighted by atomic mass is 10.1. The SMILES string of the molecule is COC=C(C(=O)OC)c1c(OC)nc(C)nc1Oc1ccn(-c2cc(Cl)ccc2C)n1. The van der Waals surface area contributed by atoms with Crippen molar-refractivity contribution < 1.29 is 23.7 Å². The van der Waals surface area contributed by atoms with Crippen molar-refractivity contribution >= 4 is 23.1 Å². The van der Waals surface area contributed by atoms with Gasteiger partial charge in [-0.25, -0.2) is 9.48 Å². The third-order valence-electron chi connectivity index (χ3n) is 4.24. The first kappa shape index (κ1) is 22.1. The summed E-state index contributed by atoms with van der Waals surface area (Å²) < 4.78 is 22.8. The Hall–Kier alpha value is -3.59. The van der Waals surface area contributed by atoms with E-state index >= 15 is 0 Å². The van der Waals surface area contributed by atoms with Gasteiger partial charge in [0, 0.05) is 17.3 Å². The average Bonchev–Trinajstić information content (AvgIpc) is 3.21. The molecule has 0 spiro atoms. The Morgan fingerprint density at radius 3 is 2.52 bits per heavy atom.